The zero-order valence-corrected chi connectivity index (χ0v) is 12.0. The van der Waals surface area contributed by atoms with Crippen molar-refractivity contribution in [2.75, 3.05) is 33.3 Å². The van der Waals surface area contributed by atoms with Crippen molar-refractivity contribution in [3.05, 3.63) is 41.5 Å². The van der Waals surface area contributed by atoms with Crippen LogP contribution < -0.4 is 10.1 Å². The van der Waals surface area contributed by atoms with Crippen LogP contribution in [0.1, 0.15) is 18.9 Å². The van der Waals surface area contributed by atoms with Gasteiger partial charge in [0.2, 0.25) is 0 Å². The van der Waals surface area contributed by atoms with Crippen LogP contribution in [0.15, 0.2) is 35.9 Å². The highest BCUT2D eigenvalue weighted by molar-refractivity contribution is 5.28. The largest absolute Gasteiger partial charge is 0.492 e. The fraction of sp³-hybridized carbons (Fsp3) is 0.500. The van der Waals surface area contributed by atoms with Crippen LogP contribution in [0.25, 0.3) is 0 Å². The average Bonchev–Trinajstić information content (AvgIpc) is 2.42. The Hall–Kier alpha value is -1.32. The highest BCUT2D eigenvalue weighted by atomic mass is 16.5. The molecule has 1 aromatic carbocycles. The summed E-state index contributed by atoms with van der Waals surface area (Å²) in [6.07, 6.45) is 3.51. The molecule has 0 unspecified atom stereocenters. The molecule has 0 saturated heterocycles. The van der Waals surface area contributed by atoms with Crippen molar-refractivity contribution in [1.82, 2.24) is 10.2 Å². The van der Waals surface area contributed by atoms with E-state index in [-0.39, 0.29) is 0 Å². The molecule has 0 atom stereocenters. The second-order valence-electron chi connectivity index (χ2n) is 5.13. The van der Waals surface area contributed by atoms with Gasteiger partial charge in [0.25, 0.3) is 0 Å². The number of hydrogen-bond acceptors (Lipinski definition) is 3. The van der Waals surface area contributed by atoms with E-state index in [1.165, 1.54) is 17.6 Å². The molecule has 0 radical (unpaired) electrons. The van der Waals surface area contributed by atoms with Crippen molar-refractivity contribution in [1.29, 1.82) is 0 Å². The average molecular weight is 260 g/mol. The maximum atomic E-state index is 5.83. The first-order valence-corrected chi connectivity index (χ1v) is 7.02. The Morgan fingerprint density at radius 2 is 2.26 bits per heavy atom. The van der Waals surface area contributed by atoms with Crippen LogP contribution in [-0.4, -0.2) is 38.2 Å². The Labute approximate surface area is 116 Å². The van der Waals surface area contributed by atoms with Crippen LogP contribution in [-0.2, 0) is 6.54 Å². The molecule has 1 aliphatic rings. The Balaban J connectivity index is 1.75. The van der Waals surface area contributed by atoms with E-state index in [2.05, 4.69) is 41.4 Å². The molecule has 1 aromatic rings. The standard InChI is InChI=1S/C16H24N2O/c1-14-6-8-18(9-7-14)10-11-19-16-5-3-4-15(12-16)13-17-2/h3-6,12,17H,7-11,13H2,1-2H3. The minimum atomic E-state index is 0.760. The molecular weight excluding hydrogens is 236 g/mol. The third-order valence-electron chi connectivity index (χ3n) is 3.48. The molecule has 0 fully saturated rings. The monoisotopic (exact) mass is 260 g/mol. The van der Waals surface area contributed by atoms with E-state index >= 15 is 0 Å². The van der Waals surface area contributed by atoms with Crippen molar-refractivity contribution in [3.63, 3.8) is 0 Å². The van der Waals surface area contributed by atoms with Crippen molar-refractivity contribution in [3.8, 4) is 5.75 Å². The maximum absolute atomic E-state index is 5.83. The van der Waals surface area contributed by atoms with Crippen LogP contribution in [0.5, 0.6) is 5.75 Å². The van der Waals surface area contributed by atoms with E-state index in [1.807, 2.05) is 13.1 Å². The van der Waals surface area contributed by atoms with Crippen LogP contribution in [0.3, 0.4) is 0 Å². The van der Waals surface area contributed by atoms with E-state index < -0.39 is 0 Å². The second-order valence-corrected chi connectivity index (χ2v) is 5.13. The molecule has 1 heterocycles. The summed E-state index contributed by atoms with van der Waals surface area (Å²) in [5, 5.41) is 3.15. The number of nitrogens with zero attached hydrogens (tertiary/aromatic N) is 1. The van der Waals surface area contributed by atoms with Crippen LogP contribution in [0.2, 0.25) is 0 Å². The second kappa shape index (κ2) is 7.31. The molecule has 0 amide bonds. The Morgan fingerprint density at radius 3 is 3.00 bits per heavy atom. The number of ether oxygens (including phenoxy) is 1. The van der Waals surface area contributed by atoms with Gasteiger partial charge in [0.15, 0.2) is 0 Å². The molecule has 104 valence electrons. The van der Waals surface area contributed by atoms with E-state index in [0.29, 0.717) is 0 Å². The number of rotatable bonds is 6. The van der Waals surface area contributed by atoms with E-state index in [0.717, 1.165) is 38.5 Å². The molecule has 3 heteroatoms. The lowest BCUT2D eigenvalue weighted by atomic mass is 10.1. The molecule has 1 N–H and O–H groups in total. The molecule has 0 aromatic heterocycles. The summed E-state index contributed by atoms with van der Waals surface area (Å²) in [6.45, 7) is 7.07. The van der Waals surface area contributed by atoms with Gasteiger partial charge < -0.3 is 10.1 Å². The Morgan fingerprint density at radius 1 is 1.37 bits per heavy atom. The Kier molecular flexibility index (Phi) is 5.43. The number of hydrogen-bond donors (Lipinski definition) is 1. The van der Waals surface area contributed by atoms with Crippen molar-refractivity contribution in [2.24, 2.45) is 0 Å². The molecule has 19 heavy (non-hydrogen) atoms. The maximum Gasteiger partial charge on any atom is 0.119 e. The van der Waals surface area contributed by atoms with Crippen molar-refractivity contribution >= 4 is 0 Å². The molecule has 0 aliphatic carbocycles. The van der Waals surface area contributed by atoms with Crippen LogP contribution >= 0.6 is 0 Å². The van der Waals surface area contributed by atoms with E-state index in [4.69, 9.17) is 4.74 Å². The lowest BCUT2D eigenvalue weighted by Gasteiger charge is -2.25. The SMILES string of the molecule is CNCc1cccc(OCCN2CC=C(C)CC2)c1. The van der Waals surface area contributed by atoms with Crippen LogP contribution in [0.4, 0.5) is 0 Å². The highest BCUT2D eigenvalue weighted by Gasteiger charge is 2.08. The molecule has 3 nitrogen and oxygen atoms in total. The van der Waals surface area contributed by atoms with Crippen molar-refractivity contribution < 1.29 is 4.74 Å². The molecule has 0 spiro atoms. The minimum Gasteiger partial charge on any atom is -0.492 e. The van der Waals surface area contributed by atoms with Crippen LogP contribution in [0, 0.1) is 0 Å². The van der Waals surface area contributed by atoms with Gasteiger partial charge in [-0.2, -0.15) is 0 Å². The zero-order valence-electron chi connectivity index (χ0n) is 12.0. The highest BCUT2D eigenvalue weighted by Crippen LogP contribution is 2.14. The first kappa shape index (κ1) is 14.1. The molecule has 1 aliphatic heterocycles. The summed E-state index contributed by atoms with van der Waals surface area (Å²) >= 11 is 0. The molecule has 0 saturated carbocycles. The van der Waals surface area contributed by atoms with Gasteiger partial charge >= 0.3 is 0 Å². The summed E-state index contributed by atoms with van der Waals surface area (Å²) in [5.74, 6) is 0.969. The van der Waals surface area contributed by atoms with E-state index in [1.54, 1.807) is 0 Å². The summed E-state index contributed by atoms with van der Waals surface area (Å²) in [4.78, 5) is 2.43. The fourth-order valence-corrected chi connectivity index (χ4v) is 2.26. The lowest BCUT2D eigenvalue weighted by molar-refractivity contribution is 0.219. The topological polar surface area (TPSA) is 24.5 Å². The Bertz CT molecular complexity index is 429. The van der Waals surface area contributed by atoms with Gasteiger partial charge in [-0.1, -0.05) is 23.8 Å². The number of benzene rings is 1. The predicted octanol–water partition coefficient (Wildman–Crippen LogP) is 2.44. The molecule has 2 rings (SSSR count). The van der Waals surface area contributed by atoms with Gasteiger partial charge in [-0.3, -0.25) is 4.90 Å². The third kappa shape index (κ3) is 4.69. The smallest absolute Gasteiger partial charge is 0.119 e. The normalized spacial score (nSPS) is 16.2. The lowest BCUT2D eigenvalue weighted by Crippen LogP contribution is -2.32. The summed E-state index contributed by atoms with van der Waals surface area (Å²) < 4.78 is 5.83. The van der Waals surface area contributed by atoms with Crippen molar-refractivity contribution in [2.45, 2.75) is 19.9 Å². The number of nitrogens with one attached hydrogen (secondary N) is 1. The van der Waals surface area contributed by atoms with Gasteiger partial charge in [0.05, 0.1) is 0 Å². The predicted molar refractivity (Wildman–Crippen MR) is 79.5 cm³/mol. The first-order valence-electron chi connectivity index (χ1n) is 7.02. The van der Waals surface area contributed by atoms with Gasteiger partial charge in [-0.25, -0.2) is 0 Å². The molecular formula is C16H24N2O. The third-order valence-corrected chi connectivity index (χ3v) is 3.48. The minimum absolute atomic E-state index is 0.760. The molecule has 0 bridgehead atoms. The first-order chi connectivity index (χ1) is 9.28. The van der Waals surface area contributed by atoms with Gasteiger partial charge in [-0.05, 0) is 38.1 Å². The summed E-state index contributed by atoms with van der Waals surface area (Å²) in [7, 11) is 1.96. The quantitative estimate of drug-likeness (QED) is 0.795. The van der Waals surface area contributed by atoms with Gasteiger partial charge in [0, 0.05) is 26.2 Å². The van der Waals surface area contributed by atoms with E-state index in [9.17, 15) is 0 Å². The fourth-order valence-electron chi connectivity index (χ4n) is 2.26. The zero-order chi connectivity index (χ0) is 13.5. The van der Waals surface area contributed by atoms with Gasteiger partial charge in [0.1, 0.15) is 12.4 Å². The van der Waals surface area contributed by atoms with Gasteiger partial charge in [-0.15, -0.1) is 0 Å². The summed E-state index contributed by atoms with van der Waals surface area (Å²) in [6, 6.07) is 8.30. The summed E-state index contributed by atoms with van der Waals surface area (Å²) in [5.41, 5.74) is 2.77.